The topological polar surface area (TPSA) is 302 Å². The van der Waals surface area contributed by atoms with Crippen LogP contribution >= 0.6 is 0 Å². The molecule has 18 rings (SSSR count). The molecule has 11 saturated carbocycles. The number of aliphatic hydroxyl groups excluding tert-OH is 1. The van der Waals surface area contributed by atoms with Crippen molar-refractivity contribution in [2.24, 2.45) is 191 Å². The molecule has 1 aromatic carbocycles. The number of esters is 6. The second kappa shape index (κ2) is 44.7. The molecule has 1 aliphatic heterocycles. The van der Waals surface area contributed by atoms with E-state index in [4.69, 9.17) is 37.3 Å². The van der Waals surface area contributed by atoms with E-state index < -0.39 is 63.7 Å². The molecule has 0 bridgehead atoms. The van der Waals surface area contributed by atoms with E-state index in [1.807, 2.05) is 37.3 Å². The summed E-state index contributed by atoms with van der Waals surface area (Å²) in [5.74, 6) is 5.15. The Labute approximate surface area is 875 Å². The van der Waals surface area contributed by atoms with Crippen LogP contribution in [0.5, 0.6) is 0 Å². The molecule has 16 aliphatic carbocycles. The normalized spacial score (nSPS) is 39.5. The second-order valence-corrected chi connectivity index (χ2v) is 52.6. The number of aryl methyl sites for hydroxylation is 1. The van der Waals surface area contributed by atoms with Gasteiger partial charge in [0.25, 0.3) is 10.1 Å². The van der Waals surface area contributed by atoms with E-state index in [1.165, 1.54) is 72.8 Å². The first-order chi connectivity index (χ1) is 69.2. The number of benzene rings is 1. The summed E-state index contributed by atoms with van der Waals surface area (Å²) in [6.07, 6.45) is 41.5. The number of carbonyl (C=O) groups excluding carboxylic acids is 10. The maximum Gasteiger partial charge on any atom is 0.320 e. The Morgan fingerprint density at radius 2 is 0.760 bits per heavy atom. The number of allylic oxidation sites excluding steroid dienone is 8. The Kier molecular flexibility index (Phi) is 34.7. The Bertz CT molecular complexity index is 5210. The molecule has 1 N–H and O–H groups in total. The van der Waals surface area contributed by atoms with Crippen LogP contribution in [0.3, 0.4) is 0 Å². The van der Waals surface area contributed by atoms with Crippen LogP contribution in [0.4, 0.5) is 0 Å². The molecule has 0 aromatic heterocycles. The summed E-state index contributed by atoms with van der Waals surface area (Å²) in [6, 6.07) is 6.89. The Hall–Kier alpha value is -6.75. The highest BCUT2D eigenvalue weighted by atomic mass is 32.2. The van der Waals surface area contributed by atoms with Crippen molar-refractivity contribution >= 4 is 69.1 Å². The minimum Gasteiger partial charge on any atom is -0.465 e. The summed E-state index contributed by atoms with van der Waals surface area (Å²) in [5, 5.41) is 11.9. The first-order valence-electron chi connectivity index (χ1n) is 58.2. The smallest absolute Gasteiger partial charge is 0.320 e. The number of hydrogen-bond acceptors (Lipinski definition) is 21. The SMILES string of the molecule is CCC1=C[C@H]2[C@@H]3CC[C@H]([C@H](C)COS(=O)(=O)c4ccc(C)cc4)[C@@]3(C)CC[C@@H]2[C@@]2(C)CCC(=O)C=C12.CCOC(=O)C(C[C@@H](C)[C@H]1CC[C@H]2[C@@H]3C=C(CC)C4=CC(=O)CC[C@]4(C)[C@H]3CC[C@]12C)C(=O)OCC.CCOC(=O)C(C[C@@H](C)[C@H]1CC[C@H]2[C@@H]3[C@H](O)[C@H](CC)[C@@H]4CC(=O)CC[C@]4(C)[C@H]3CC[C@]12C)C(=O)OCC.CCOC(=O)C(C[C@@H](C)[C@H]1CC[C@H]2[C@H]3[C@H](CC[C@]12C)[C@@]1(C)CCC(=O)C=C1[C@@]1(CC)O[C@@H]31)C(=O)OCC. The molecule has 0 unspecified atom stereocenters. The van der Waals surface area contributed by atoms with Gasteiger partial charge in [-0.05, 0) is 447 Å². The predicted molar refractivity (Wildman–Crippen MR) is 563 cm³/mol. The summed E-state index contributed by atoms with van der Waals surface area (Å²) in [4.78, 5) is 126. The number of carbonyl (C=O) groups is 10. The largest absolute Gasteiger partial charge is 0.465 e. The van der Waals surface area contributed by atoms with Gasteiger partial charge in [0.15, 0.2) is 35.1 Å². The van der Waals surface area contributed by atoms with Crippen LogP contribution in [0.25, 0.3) is 0 Å². The molecule has 1 heterocycles. The highest BCUT2D eigenvalue weighted by molar-refractivity contribution is 7.86. The Morgan fingerprint density at radius 3 is 1.15 bits per heavy atom. The van der Waals surface area contributed by atoms with E-state index >= 15 is 0 Å². The van der Waals surface area contributed by atoms with E-state index in [2.05, 4.69) is 123 Å². The zero-order valence-electron chi connectivity index (χ0n) is 93.4. The van der Waals surface area contributed by atoms with Crippen LogP contribution in [-0.2, 0) is 95.4 Å². The van der Waals surface area contributed by atoms with Gasteiger partial charge in [-0.1, -0.05) is 147 Å². The molecule has 12 fully saturated rings. The maximum absolute atomic E-state index is 12.8. The van der Waals surface area contributed by atoms with Crippen molar-refractivity contribution in [3.05, 3.63) is 88.1 Å². The van der Waals surface area contributed by atoms with Crippen LogP contribution in [0.15, 0.2) is 87.4 Å². The van der Waals surface area contributed by atoms with Crippen LogP contribution < -0.4 is 0 Å². The molecule has 1 aromatic rings. The van der Waals surface area contributed by atoms with E-state index in [0.717, 1.165) is 115 Å². The number of hydrogen-bond donors (Lipinski definition) is 1. The van der Waals surface area contributed by atoms with Crippen molar-refractivity contribution in [3.63, 3.8) is 0 Å². The lowest BCUT2D eigenvalue weighted by Gasteiger charge is -2.64. The zero-order valence-corrected chi connectivity index (χ0v) is 94.2. The van der Waals surface area contributed by atoms with Gasteiger partial charge in [0, 0.05) is 32.1 Å². The third kappa shape index (κ3) is 20.4. The minimum absolute atomic E-state index is 0.0472. The summed E-state index contributed by atoms with van der Waals surface area (Å²) in [6.45, 7) is 51.5. The van der Waals surface area contributed by atoms with Crippen LogP contribution in [-0.4, -0.2) is 137 Å². The van der Waals surface area contributed by atoms with Crippen LogP contribution in [0, 0.1) is 198 Å². The number of rotatable bonds is 30. The predicted octanol–water partition coefficient (Wildman–Crippen LogP) is 24.8. The fourth-order valence-electron chi connectivity index (χ4n) is 37.3. The highest BCUT2D eigenvalue weighted by Crippen LogP contribution is 2.77. The lowest BCUT2D eigenvalue weighted by atomic mass is 9.41. The van der Waals surface area contributed by atoms with Crippen LogP contribution in [0.2, 0.25) is 0 Å². The lowest BCUT2D eigenvalue weighted by molar-refractivity contribution is -0.195. The molecule has 17 aliphatic rings. The molecule has 146 heavy (non-hydrogen) atoms. The maximum atomic E-state index is 12.8. The standard InChI is InChI=1S/C31H46O6.C31H50O6.C31H46O5.C31H42O4S/c1-7-31-24-17-19(32)12-14-30(24,6)23-13-15-29(5)21(10-11-22(29)25(23)26(31)37-31)18(4)16-20(27(33)35-8-2)28(34)36-9-3;1-7-20-25-17-19(32)12-14-31(25,6)24-13-15-30(5)22(10-11-23(30)26(24)27(20)33)18(4)16-21(28(34)36-8-2)29(35)37-9-3;1-7-20-17-22-25-11-10-24(19(4)16-23(28(33)35-8-2)29(34)36-9-3)30(25,5)15-13-26(22)31(6)14-12-21(32)18-27(20)31;1-6-22-17-25-27-12-11-26(21(3)19-35-36(33,34)24-9-7-20(2)8-10-24)30(27,4)16-14-28(25)31(5)15-13-23(32)18-29(22)31/h17-18,20-23,25-26H,7-16H2,1-6H3;18,20-27,33H,7-17H2,1-6H3;17-19,22-26H,7-16H2,1-6H3;7-10,17-18,21,25-28H,6,11-16,19H2,1-5H3/t18-,21-,22+,23+,25+,26+,29-,30-,31-;18-,20-,22-,23+,24+,25+,26+,27-,30-,31-;19-,22+,24-,25+,26+,30-,31-;21-,25+,26-,27+,28+,30-,31-/m1111/s1. The summed E-state index contributed by atoms with van der Waals surface area (Å²) in [7, 11) is -3.75. The molecule has 22 heteroatoms. The first kappa shape index (κ1) is 113. The quantitative estimate of drug-likeness (QED) is 0.0246. The third-order valence-electron chi connectivity index (χ3n) is 44.5. The van der Waals surface area contributed by atoms with Gasteiger partial charge in [0.05, 0.1) is 63.4 Å². The number of fused-ring (bicyclic) bond motifs is 23. The van der Waals surface area contributed by atoms with Gasteiger partial charge in [0.1, 0.15) is 11.4 Å². The number of Topliss-reactive ketones (excluding diaryl/α,β-unsaturated/α-hetero) is 1. The van der Waals surface area contributed by atoms with Crippen molar-refractivity contribution < 1.29 is 98.8 Å². The number of ether oxygens (including phenoxy) is 7. The highest BCUT2D eigenvalue weighted by Gasteiger charge is 2.76. The van der Waals surface area contributed by atoms with Crippen molar-refractivity contribution in [1.82, 2.24) is 0 Å². The minimum atomic E-state index is -3.75. The fourth-order valence-corrected chi connectivity index (χ4v) is 38.3. The van der Waals surface area contributed by atoms with Crippen molar-refractivity contribution in [2.75, 3.05) is 46.2 Å². The van der Waals surface area contributed by atoms with Crippen molar-refractivity contribution in [1.29, 1.82) is 0 Å². The van der Waals surface area contributed by atoms with Gasteiger partial charge in [-0.3, -0.25) is 52.1 Å². The fraction of sp³-hybridized carbons (Fsp3) is 0.790. The van der Waals surface area contributed by atoms with Gasteiger partial charge in [0.2, 0.25) is 0 Å². The summed E-state index contributed by atoms with van der Waals surface area (Å²) < 4.78 is 69.4. The number of epoxide rings is 1. The molecule has 33 atom stereocenters. The summed E-state index contributed by atoms with van der Waals surface area (Å²) in [5.41, 5.74) is 8.48. The van der Waals surface area contributed by atoms with Gasteiger partial charge in [-0.15, -0.1) is 0 Å². The Balaban J connectivity index is 0.000000146. The Morgan fingerprint density at radius 1 is 0.404 bits per heavy atom. The number of ketones is 4. The molecule has 812 valence electrons. The molecule has 1 saturated heterocycles. The van der Waals surface area contributed by atoms with Crippen molar-refractivity contribution in [2.45, 2.75) is 387 Å². The average Bonchev–Trinajstić information content (AvgIpc) is 1.49. The molecule has 0 amide bonds. The van der Waals surface area contributed by atoms with Crippen LogP contribution in [0.1, 0.15) is 363 Å². The molecule has 0 spiro atoms. The lowest BCUT2D eigenvalue weighted by Crippen LogP contribution is -2.62. The molecule has 21 nitrogen and oxygen atoms in total. The van der Waals surface area contributed by atoms with E-state index in [9.17, 15) is 61.5 Å². The van der Waals surface area contributed by atoms with Gasteiger partial charge in [-0.2, -0.15) is 8.42 Å². The van der Waals surface area contributed by atoms with Crippen molar-refractivity contribution in [3.8, 4) is 0 Å². The van der Waals surface area contributed by atoms with Gasteiger partial charge >= 0.3 is 35.8 Å². The monoisotopic (exact) mass is 2040 g/mol. The third-order valence-corrected chi connectivity index (χ3v) is 45.8. The number of aliphatic hydroxyl groups is 1. The van der Waals surface area contributed by atoms with E-state index in [-0.39, 0.29) is 165 Å². The van der Waals surface area contributed by atoms with E-state index in [1.54, 1.807) is 53.7 Å². The molecule has 0 radical (unpaired) electrons. The molecular formula is C124H184O21S. The van der Waals surface area contributed by atoms with Gasteiger partial charge in [-0.25, -0.2) is 0 Å². The first-order valence-corrected chi connectivity index (χ1v) is 59.6. The average molecular weight is 2040 g/mol. The van der Waals surface area contributed by atoms with Gasteiger partial charge < -0.3 is 38.3 Å². The van der Waals surface area contributed by atoms with E-state index in [0.29, 0.717) is 152 Å². The second-order valence-electron chi connectivity index (χ2n) is 51.0. The zero-order chi connectivity index (χ0) is 106. The molecular weight excluding hydrogens is 1860 g/mol. The summed E-state index contributed by atoms with van der Waals surface area (Å²) >= 11 is 0.